The summed E-state index contributed by atoms with van der Waals surface area (Å²) in [4.78, 5) is 0. The number of allylic oxidation sites excluding steroid dienone is 1. The second-order valence-electron chi connectivity index (χ2n) is 9.87. The van der Waals surface area contributed by atoms with Crippen LogP contribution >= 0.6 is 0 Å². The zero-order valence-corrected chi connectivity index (χ0v) is 16.3. The first kappa shape index (κ1) is 18.0. The van der Waals surface area contributed by atoms with Gasteiger partial charge < -0.3 is 14.6 Å². The molecule has 142 valence electrons. The lowest BCUT2D eigenvalue weighted by molar-refractivity contribution is -0.242. The van der Waals surface area contributed by atoms with Gasteiger partial charge in [0, 0.05) is 11.8 Å². The predicted molar refractivity (Wildman–Crippen MR) is 99.0 cm³/mol. The standard InChI is InChI=1S/C22H36O3/c1-5-16-17(20(3)9-6-15(2)14-19(20)23)7-10-21(4)18(16)8-11-22(21)24-12-13-25-22/h5,15-19,23H,1,6-14H2,2-4H3/t15-,16+,17?,18?,19-,20+,21-/m0/s1. The van der Waals surface area contributed by atoms with Gasteiger partial charge in [0.2, 0.25) is 0 Å². The minimum atomic E-state index is -0.357. The van der Waals surface area contributed by atoms with Gasteiger partial charge in [-0.25, -0.2) is 0 Å². The van der Waals surface area contributed by atoms with E-state index in [4.69, 9.17) is 9.47 Å². The Hall–Kier alpha value is -0.380. The van der Waals surface area contributed by atoms with Crippen LogP contribution in [0, 0.1) is 34.5 Å². The van der Waals surface area contributed by atoms with Gasteiger partial charge in [-0.3, -0.25) is 0 Å². The highest BCUT2D eigenvalue weighted by Crippen LogP contribution is 2.66. The molecule has 3 heteroatoms. The largest absolute Gasteiger partial charge is 0.393 e. The van der Waals surface area contributed by atoms with Crippen molar-refractivity contribution in [3.8, 4) is 0 Å². The Kier molecular flexibility index (Phi) is 4.37. The first-order valence-electron chi connectivity index (χ1n) is 10.4. The SMILES string of the molecule is C=C[C@H]1C2CCC3(OCCO3)[C@@]2(C)CCC1[C@@]1(C)CC[C@H](C)C[C@@H]1O. The van der Waals surface area contributed by atoms with E-state index >= 15 is 0 Å². The van der Waals surface area contributed by atoms with Crippen LogP contribution in [-0.4, -0.2) is 30.2 Å². The molecule has 1 aliphatic heterocycles. The van der Waals surface area contributed by atoms with Crippen LogP contribution in [0.2, 0.25) is 0 Å². The lowest BCUT2D eigenvalue weighted by Crippen LogP contribution is -2.55. The molecule has 1 spiro atoms. The molecule has 3 saturated carbocycles. The number of aliphatic hydroxyl groups excluding tert-OH is 1. The van der Waals surface area contributed by atoms with E-state index in [-0.39, 0.29) is 22.7 Å². The molecule has 0 radical (unpaired) electrons. The van der Waals surface area contributed by atoms with E-state index in [1.165, 1.54) is 6.42 Å². The van der Waals surface area contributed by atoms with E-state index in [0.717, 1.165) is 51.7 Å². The van der Waals surface area contributed by atoms with Crippen molar-refractivity contribution in [1.29, 1.82) is 0 Å². The summed E-state index contributed by atoms with van der Waals surface area (Å²) >= 11 is 0. The Morgan fingerprint density at radius 3 is 2.32 bits per heavy atom. The highest BCUT2D eigenvalue weighted by molar-refractivity contribution is 5.14. The lowest BCUT2D eigenvalue weighted by Gasteiger charge is -2.56. The molecular formula is C22H36O3. The average Bonchev–Trinajstić information content (AvgIpc) is 3.18. The van der Waals surface area contributed by atoms with Crippen LogP contribution in [0.4, 0.5) is 0 Å². The maximum absolute atomic E-state index is 11.0. The van der Waals surface area contributed by atoms with E-state index in [9.17, 15) is 5.11 Å². The quantitative estimate of drug-likeness (QED) is 0.744. The smallest absolute Gasteiger partial charge is 0.174 e. The molecule has 4 rings (SSSR count). The third-order valence-corrected chi connectivity index (χ3v) is 8.81. The predicted octanol–water partition coefficient (Wildman–Crippen LogP) is 4.55. The average molecular weight is 349 g/mol. The van der Waals surface area contributed by atoms with Crippen molar-refractivity contribution in [3.63, 3.8) is 0 Å². The highest BCUT2D eigenvalue weighted by atomic mass is 16.7. The van der Waals surface area contributed by atoms with Crippen molar-refractivity contribution < 1.29 is 14.6 Å². The zero-order valence-electron chi connectivity index (χ0n) is 16.3. The van der Waals surface area contributed by atoms with Gasteiger partial charge in [0.05, 0.1) is 19.3 Å². The van der Waals surface area contributed by atoms with Gasteiger partial charge in [0.1, 0.15) is 0 Å². The van der Waals surface area contributed by atoms with Crippen LogP contribution in [0.1, 0.15) is 65.7 Å². The summed E-state index contributed by atoms with van der Waals surface area (Å²) in [6.07, 6.45) is 9.84. The van der Waals surface area contributed by atoms with Crippen molar-refractivity contribution in [1.82, 2.24) is 0 Å². The van der Waals surface area contributed by atoms with Crippen LogP contribution in [0.3, 0.4) is 0 Å². The summed E-state index contributed by atoms with van der Waals surface area (Å²) in [5, 5.41) is 11.0. The molecular weight excluding hydrogens is 312 g/mol. The van der Waals surface area contributed by atoms with Crippen molar-refractivity contribution in [2.45, 2.75) is 77.6 Å². The summed E-state index contributed by atoms with van der Waals surface area (Å²) in [6, 6.07) is 0. The number of hydrogen-bond donors (Lipinski definition) is 1. The normalized spacial score (nSPS) is 52.2. The fourth-order valence-electron chi connectivity index (χ4n) is 7.10. The summed E-state index contributed by atoms with van der Waals surface area (Å²) in [5.74, 6) is 1.84. The fraction of sp³-hybridized carbons (Fsp3) is 0.909. The van der Waals surface area contributed by atoms with E-state index in [1.807, 2.05) is 0 Å². The number of ether oxygens (including phenoxy) is 2. The highest BCUT2D eigenvalue weighted by Gasteiger charge is 2.66. The Morgan fingerprint density at radius 2 is 1.68 bits per heavy atom. The molecule has 3 aliphatic carbocycles. The molecule has 7 atom stereocenters. The summed E-state index contributed by atoms with van der Waals surface area (Å²) < 4.78 is 12.4. The van der Waals surface area contributed by atoms with Crippen LogP contribution < -0.4 is 0 Å². The Balaban J connectivity index is 1.63. The first-order valence-corrected chi connectivity index (χ1v) is 10.4. The van der Waals surface area contributed by atoms with E-state index < -0.39 is 0 Å². The third kappa shape index (κ3) is 2.41. The molecule has 1 saturated heterocycles. The van der Waals surface area contributed by atoms with Gasteiger partial charge in [0.15, 0.2) is 5.79 Å². The maximum Gasteiger partial charge on any atom is 0.174 e. The van der Waals surface area contributed by atoms with Crippen LogP contribution in [0.25, 0.3) is 0 Å². The first-order chi connectivity index (χ1) is 11.9. The molecule has 2 unspecified atom stereocenters. The molecule has 1 heterocycles. The van der Waals surface area contributed by atoms with Crippen LogP contribution in [0.15, 0.2) is 12.7 Å². The van der Waals surface area contributed by atoms with Crippen LogP contribution in [0.5, 0.6) is 0 Å². The van der Waals surface area contributed by atoms with Crippen molar-refractivity contribution in [3.05, 3.63) is 12.7 Å². The Morgan fingerprint density at radius 1 is 1.00 bits per heavy atom. The number of hydrogen-bond acceptors (Lipinski definition) is 3. The number of rotatable bonds is 2. The molecule has 4 fully saturated rings. The maximum atomic E-state index is 11.0. The van der Waals surface area contributed by atoms with Gasteiger partial charge in [-0.15, -0.1) is 6.58 Å². The minimum absolute atomic E-state index is 0.0276. The van der Waals surface area contributed by atoms with E-state index in [0.29, 0.717) is 23.7 Å². The van der Waals surface area contributed by atoms with E-state index in [2.05, 4.69) is 33.4 Å². The van der Waals surface area contributed by atoms with Crippen molar-refractivity contribution in [2.75, 3.05) is 13.2 Å². The topological polar surface area (TPSA) is 38.7 Å². The Labute approximate surface area is 153 Å². The monoisotopic (exact) mass is 348 g/mol. The summed E-state index contributed by atoms with van der Waals surface area (Å²) in [6.45, 7) is 12.7. The Bertz CT molecular complexity index is 525. The van der Waals surface area contributed by atoms with Gasteiger partial charge >= 0.3 is 0 Å². The molecule has 3 nitrogen and oxygen atoms in total. The minimum Gasteiger partial charge on any atom is -0.393 e. The molecule has 1 N–H and O–H groups in total. The van der Waals surface area contributed by atoms with Gasteiger partial charge in [-0.2, -0.15) is 0 Å². The molecule has 0 aromatic rings. The molecule has 0 bridgehead atoms. The zero-order chi connectivity index (χ0) is 17.9. The van der Waals surface area contributed by atoms with E-state index in [1.54, 1.807) is 0 Å². The van der Waals surface area contributed by atoms with Crippen LogP contribution in [-0.2, 0) is 9.47 Å². The fourth-order valence-corrected chi connectivity index (χ4v) is 7.10. The third-order valence-electron chi connectivity index (χ3n) is 8.81. The molecule has 0 aromatic carbocycles. The van der Waals surface area contributed by atoms with Crippen molar-refractivity contribution >= 4 is 0 Å². The molecule has 0 aromatic heterocycles. The summed E-state index contributed by atoms with van der Waals surface area (Å²) in [5.41, 5.74) is 0.113. The van der Waals surface area contributed by atoms with Crippen molar-refractivity contribution in [2.24, 2.45) is 34.5 Å². The molecule has 4 aliphatic rings. The molecule has 0 amide bonds. The lowest BCUT2D eigenvalue weighted by atomic mass is 9.50. The van der Waals surface area contributed by atoms with Gasteiger partial charge in [0.25, 0.3) is 0 Å². The second kappa shape index (κ2) is 6.07. The summed E-state index contributed by atoms with van der Waals surface area (Å²) in [7, 11) is 0. The number of fused-ring (bicyclic) bond motifs is 2. The van der Waals surface area contributed by atoms with Gasteiger partial charge in [-0.05, 0) is 67.6 Å². The molecule has 25 heavy (non-hydrogen) atoms. The number of aliphatic hydroxyl groups is 1. The van der Waals surface area contributed by atoms with Gasteiger partial charge in [-0.1, -0.05) is 26.8 Å². The second-order valence-corrected chi connectivity index (χ2v) is 9.87.